The largest absolute Gasteiger partial charge is 0.466 e. The Hall–Kier alpha value is -1.67. The Kier molecular flexibility index (Phi) is 15.5. The summed E-state index contributed by atoms with van der Waals surface area (Å²) in [4.78, 5) is 36.6. The number of unbranched alkanes of at least 4 members (excludes halogenated alkanes) is 2. The highest BCUT2D eigenvalue weighted by atomic mass is 16.6. The molecule has 158 valence electrons. The van der Waals surface area contributed by atoms with E-state index in [1.54, 1.807) is 6.92 Å². The van der Waals surface area contributed by atoms with Crippen LogP contribution in [0.4, 0.5) is 0 Å². The Balaban J connectivity index is 4.73. The fourth-order valence-corrected chi connectivity index (χ4v) is 2.12. The van der Waals surface area contributed by atoms with Crippen LogP contribution in [0.15, 0.2) is 0 Å². The smallest absolute Gasteiger partial charge is 0.310 e. The molecule has 0 bridgehead atoms. The molecule has 0 saturated heterocycles. The van der Waals surface area contributed by atoms with E-state index in [1.165, 1.54) is 0 Å². The van der Waals surface area contributed by atoms with E-state index >= 15 is 0 Å². The van der Waals surface area contributed by atoms with Crippen LogP contribution < -0.4 is 0 Å². The molecule has 0 aromatic carbocycles. The second kappa shape index (κ2) is 16.5. The van der Waals surface area contributed by atoms with Crippen LogP contribution in [0.3, 0.4) is 0 Å². The molecule has 2 atom stereocenters. The Morgan fingerprint density at radius 1 is 0.815 bits per heavy atom. The summed E-state index contributed by atoms with van der Waals surface area (Å²) in [6.45, 7) is 6.16. The van der Waals surface area contributed by atoms with Crippen molar-refractivity contribution in [3.05, 3.63) is 0 Å². The lowest BCUT2D eigenvalue weighted by Crippen LogP contribution is -2.33. The van der Waals surface area contributed by atoms with Crippen LogP contribution in [0, 0.1) is 11.8 Å². The lowest BCUT2D eigenvalue weighted by molar-refractivity contribution is -0.164. The molecule has 0 aliphatic heterocycles. The molecule has 1 N–H and O–H groups in total. The Labute approximate surface area is 161 Å². The van der Waals surface area contributed by atoms with E-state index in [0.717, 1.165) is 25.7 Å². The summed E-state index contributed by atoms with van der Waals surface area (Å²) in [5.74, 6) is -3.56. The van der Waals surface area contributed by atoms with Crippen LogP contribution in [-0.2, 0) is 33.3 Å². The van der Waals surface area contributed by atoms with Crippen molar-refractivity contribution in [3.63, 3.8) is 0 Å². The summed E-state index contributed by atoms with van der Waals surface area (Å²) in [6.07, 6.45) is 2.98. The van der Waals surface area contributed by atoms with Gasteiger partial charge in [0, 0.05) is 0 Å². The van der Waals surface area contributed by atoms with Gasteiger partial charge in [0.1, 0.15) is 6.61 Å². The van der Waals surface area contributed by atoms with E-state index in [1.807, 2.05) is 13.8 Å². The highest BCUT2D eigenvalue weighted by molar-refractivity contribution is 5.85. The second-order valence-corrected chi connectivity index (χ2v) is 6.20. The first-order chi connectivity index (χ1) is 13.0. The van der Waals surface area contributed by atoms with Gasteiger partial charge >= 0.3 is 17.9 Å². The van der Waals surface area contributed by atoms with Gasteiger partial charge in [-0.3, -0.25) is 14.4 Å². The summed E-state index contributed by atoms with van der Waals surface area (Å²) in [5, 5.41) is 8.64. The summed E-state index contributed by atoms with van der Waals surface area (Å²) >= 11 is 0. The van der Waals surface area contributed by atoms with Gasteiger partial charge in [-0.1, -0.05) is 33.6 Å². The first kappa shape index (κ1) is 25.3. The molecule has 8 nitrogen and oxygen atoms in total. The second-order valence-electron chi connectivity index (χ2n) is 6.20. The molecule has 0 aliphatic carbocycles. The number of esters is 3. The van der Waals surface area contributed by atoms with Gasteiger partial charge in [0.25, 0.3) is 0 Å². The van der Waals surface area contributed by atoms with Crippen molar-refractivity contribution >= 4 is 17.9 Å². The third kappa shape index (κ3) is 12.4. The highest BCUT2D eigenvalue weighted by Crippen LogP contribution is 2.20. The monoisotopic (exact) mass is 390 g/mol. The summed E-state index contributed by atoms with van der Waals surface area (Å²) in [6, 6.07) is 0. The molecule has 0 saturated carbocycles. The maximum atomic E-state index is 12.4. The molecular weight excluding hydrogens is 356 g/mol. The Bertz CT molecular complexity index is 424. The van der Waals surface area contributed by atoms with Crippen molar-refractivity contribution < 1.29 is 38.4 Å². The van der Waals surface area contributed by atoms with Gasteiger partial charge in [-0.25, -0.2) is 0 Å². The van der Waals surface area contributed by atoms with Gasteiger partial charge in [0.05, 0.1) is 51.3 Å². The van der Waals surface area contributed by atoms with Gasteiger partial charge in [0.15, 0.2) is 0 Å². The highest BCUT2D eigenvalue weighted by Gasteiger charge is 2.35. The van der Waals surface area contributed by atoms with Gasteiger partial charge in [-0.2, -0.15) is 0 Å². The van der Waals surface area contributed by atoms with Crippen molar-refractivity contribution in [2.45, 2.75) is 52.9 Å². The van der Waals surface area contributed by atoms with E-state index in [4.69, 9.17) is 24.1 Å². The fraction of sp³-hybridized carbons (Fsp3) is 0.842. The molecule has 0 heterocycles. The first-order valence-electron chi connectivity index (χ1n) is 9.65. The molecule has 2 unspecified atom stereocenters. The van der Waals surface area contributed by atoms with Crippen molar-refractivity contribution in [3.8, 4) is 0 Å². The van der Waals surface area contributed by atoms with Gasteiger partial charge in [-0.05, 0) is 12.8 Å². The lowest BCUT2D eigenvalue weighted by atomic mass is 9.91. The molecule has 0 fully saturated rings. The van der Waals surface area contributed by atoms with E-state index in [9.17, 15) is 14.4 Å². The average Bonchev–Trinajstić information content (AvgIpc) is 2.65. The van der Waals surface area contributed by atoms with E-state index in [0.29, 0.717) is 0 Å². The fourth-order valence-electron chi connectivity index (χ4n) is 2.12. The zero-order valence-corrected chi connectivity index (χ0v) is 16.7. The van der Waals surface area contributed by atoms with Gasteiger partial charge < -0.3 is 24.1 Å². The molecule has 0 amide bonds. The number of hydrogen-bond acceptors (Lipinski definition) is 8. The minimum atomic E-state index is -0.980. The molecular formula is C19H34O8. The van der Waals surface area contributed by atoms with Crippen LogP contribution in [0.2, 0.25) is 0 Å². The number of ether oxygens (including phenoxy) is 4. The number of aliphatic hydroxyl groups excluding tert-OH is 1. The minimum Gasteiger partial charge on any atom is -0.466 e. The maximum Gasteiger partial charge on any atom is 0.310 e. The van der Waals surface area contributed by atoms with E-state index < -0.39 is 29.7 Å². The molecule has 0 aromatic heterocycles. The SMILES string of the molecule is CCCCOC(=O)CC(C(=O)OCCOCCO)C(C)C(=O)OCCCC. The molecule has 0 aromatic rings. The first-order valence-corrected chi connectivity index (χ1v) is 9.65. The number of carbonyl (C=O) groups is 3. The van der Waals surface area contributed by atoms with Crippen LogP contribution in [0.1, 0.15) is 52.9 Å². The van der Waals surface area contributed by atoms with E-state index in [-0.39, 0.29) is 46.1 Å². The average molecular weight is 390 g/mol. The standard InChI is InChI=1S/C19H34O8/c1-4-6-9-25-17(21)14-16(15(3)18(22)26-10-7-5-2)19(23)27-13-12-24-11-8-20/h15-16,20H,4-14H2,1-3H3. The van der Waals surface area contributed by atoms with Crippen molar-refractivity contribution in [2.24, 2.45) is 11.8 Å². The summed E-state index contributed by atoms with van der Waals surface area (Å²) in [7, 11) is 0. The van der Waals surface area contributed by atoms with Crippen LogP contribution in [0.25, 0.3) is 0 Å². The number of hydrogen-bond donors (Lipinski definition) is 1. The number of rotatable bonds is 16. The van der Waals surface area contributed by atoms with Crippen molar-refractivity contribution in [2.75, 3.05) is 39.6 Å². The summed E-state index contributed by atoms with van der Waals surface area (Å²) in [5.41, 5.74) is 0. The summed E-state index contributed by atoms with van der Waals surface area (Å²) < 4.78 is 20.4. The Morgan fingerprint density at radius 2 is 1.41 bits per heavy atom. The van der Waals surface area contributed by atoms with Crippen molar-refractivity contribution in [1.29, 1.82) is 0 Å². The Morgan fingerprint density at radius 3 is 2.00 bits per heavy atom. The lowest BCUT2D eigenvalue weighted by Gasteiger charge is -2.21. The predicted octanol–water partition coefficient (Wildman–Crippen LogP) is 1.87. The van der Waals surface area contributed by atoms with Crippen LogP contribution in [-0.4, -0.2) is 62.7 Å². The number of aliphatic hydroxyl groups is 1. The molecule has 0 aliphatic rings. The quantitative estimate of drug-likeness (QED) is 0.242. The molecule has 0 spiro atoms. The van der Waals surface area contributed by atoms with Crippen molar-refractivity contribution in [1.82, 2.24) is 0 Å². The van der Waals surface area contributed by atoms with Gasteiger partial charge in [0.2, 0.25) is 0 Å². The van der Waals surface area contributed by atoms with E-state index in [2.05, 4.69) is 0 Å². The topological polar surface area (TPSA) is 108 Å². The molecule has 0 rings (SSSR count). The zero-order valence-electron chi connectivity index (χ0n) is 16.7. The third-order valence-corrected chi connectivity index (χ3v) is 3.88. The molecule has 27 heavy (non-hydrogen) atoms. The minimum absolute atomic E-state index is 0.0299. The maximum absolute atomic E-state index is 12.4. The molecule has 8 heteroatoms. The molecule has 0 radical (unpaired) electrons. The third-order valence-electron chi connectivity index (χ3n) is 3.88. The number of carbonyl (C=O) groups excluding carboxylic acids is 3. The van der Waals surface area contributed by atoms with Gasteiger partial charge in [-0.15, -0.1) is 0 Å². The normalized spacial score (nSPS) is 12.9. The van der Waals surface area contributed by atoms with Crippen LogP contribution in [0.5, 0.6) is 0 Å². The predicted molar refractivity (Wildman–Crippen MR) is 97.9 cm³/mol. The zero-order chi connectivity index (χ0) is 20.5. The van der Waals surface area contributed by atoms with Crippen LogP contribution >= 0.6 is 0 Å².